The minimum Gasteiger partial charge on any atom is -0.336 e. The van der Waals surface area contributed by atoms with Crippen LogP contribution in [0.15, 0.2) is 227 Å². The second kappa shape index (κ2) is 14.0. The Hall–Kier alpha value is -7.56. The summed E-state index contributed by atoms with van der Waals surface area (Å²) >= 11 is 0. The van der Waals surface area contributed by atoms with Crippen molar-refractivity contribution < 1.29 is 0 Å². The van der Waals surface area contributed by atoms with Crippen molar-refractivity contribution in [3.8, 4) is 16.8 Å². The van der Waals surface area contributed by atoms with Crippen molar-refractivity contribution in [1.82, 2.24) is 9.47 Å². The Kier molecular flexibility index (Phi) is 8.09. The van der Waals surface area contributed by atoms with Crippen LogP contribution in [0.25, 0.3) is 44.2 Å². The number of hydrogen-bond acceptors (Lipinski definition) is 3. The molecule has 4 nitrogen and oxygen atoms in total. The highest BCUT2D eigenvalue weighted by Gasteiger charge is 2.61. The van der Waals surface area contributed by atoms with Gasteiger partial charge < -0.3 is 9.47 Å². The molecular weight excluding hydrogens is 777 g/mol. The van der Waals surface area contributed by atoms with Crippen molar-refractivity contribution in [2.45, 2.75) is 37.3 Å². The van der Waals surface area contributed by atoms with Crippen LogP contribution >= 0.6 is 0 Å². The normalized spacial score (nSPS) is 22.9. The molecule has 4 heteroatoms. The van der Waals surface area contributed by atoms with Crippen molar-refractivity contribution >= 4 is 39.1 Å². The predicted octanol–water partition coefficient (Wildman–Crippen LogP) is 13.6. The lowest BCUT2D eigenvalue weighted by atomic mass is 9.61. The Balaban J connectivity index is 1.05. The lowest BCUT2D eigenvalue weighted by molar-refractivity contribution is 0.181. The van der Waals surface area contributed by atoms with Gasteiger partial charge in [-0.1, -0.05) is 189 Å². The van der Waals surface area contributed by atoms with E-state index >= 15 is 0 Å². The van der Waals surface area contributed by atoms with Crippen molar-refractivity contribution in [2.75, 3.05) is 7.05 Å². The number of para-hydroxylation sites is 2. The van der Waals surface area contributed by atoms with Crippen LogP contribution in [-0.4, -0.2) is 34.4 Å². The predicted molar refractivity (Wildman–Crippen MR) is 264 cm³/mol. The monoisotopic (exact) mass is 822 g/mol. The maximum atomic E-state index is 5.70. The largest absolute Gasteiger partial charge is 0.336 e. The molecule has 13 rings (SSSR count). The van der Waals surface area contributed by atoms with Gasteiger partial charge in [0.2, 0.25) is 0 Å². The SMILES string of the molecule is CN1C(c2ccccc2)=NC(c2ccccc2)=NC1C1(C)C=CC=C2C1c1cc(-c3ccc4c5ccccc5n(-c5ccccc5)c4c3)ccc1C21C2=C(C=CCC2)c2ccccc21. The molecule has 306 valence electrons. The molecule has 4 aliphatic carbocycles. The van der Waals surface area contributed by atoms with Gasteiger partial charge in [0.15, 0.2) is 5.84 Å². The van der Waals surface area contributed by atoms with Crippen molar-refractivity contribution in [3.63, 3.8) is 0 Å². The zero-order valence-corrected chi connectivity index (χ0v) is 36.0. The molecule has 64 heavy (non-hydrogen) atoms. The van der Waals surface area contributed by atoms with Crippen LogP contribution in [0.1, 0.15) is 59.1 Å². The smallest absolute Gasteiger partial charge is 0.159 e. The number of hydrogen-bond donors (Lipinski definition) is 0. The number of aromatic nitrogens is 1. The molecule has 1 aromatic heterocycles. The molecule has 7 aromatic carbocycles. The first kappa shape index (κ1) is 37.0. The lowest BCUT2D eigenvalue weighted by Gasteiger charge is -2.48. The van der Waals surface area contributed by atoms with Gasteiger partial charge in [0.05, 0.1) is 16.4 Å². The Bertz CT molecular complexity index is 3420. The van der Waals surface area contributed by atoms with Crippen LogP contribution in [0.4, 0.5) is 0 Å². The first-order valence-corrected chi connectivity index (χ1v) is 22.7. The van der Waals surface area contributed by atoms with Crippen LogP contribution in [0, 0.1) is 5.41 Å². The van der Waals surface area contributed by atoms with Crippen LogP contribution in [0.3, 0.4) is 0 Å². The number of rotatable bonds is 5. The minimum absolute atomic E-state index is 0.0149. The summed E-state index contributed by atoms with van der Waals surface area (Å²) in [6, 6.07) is 64.5. The van der Waals surface area contributed by atoms with E-state index in [4.69, 9.17) is 9.98 Å². The second-order valence-electron chi connectivity index (χ2n) is 18.2. The van der Waals surface area contributed by atoms with Gasteiger partial charge in [0, 0.05) is 46.0 Å². The van der Waals surface area contributed by atoms with Gasteiger partial charge in [-0.05, 0) is 87.2 Å². The maximum Gasteiger partial charge on any atom is 0.159 e. The molecule has 5 aliphatic rings. The summed E-state index contributed by atoms with van der Waals surface area (Å²) in [7, 11) is 2.19. The molecule has 4 atom stereocenters. The fourth-order valence-electron chi connectivity index (χ4n) is 12.3. The van der Waals surface area contributed by atoms with Crippen LogP contribution < -0.4 is 0 Å². The quantitative estimate of drug-likeness (QED) is 0.170. The number of fused-ring (bicyclic) bond motifs is 12. The summed E-state index contributed by atoms with van der Waals surface area (Å²) in [5, 5.41) is 2.52. The molecule has 0 saturated carbocycles. The third kappa shape index (κ3) is 5.11. The van der Waals surface area contributed by atoms with E-state index in [1.807, 2.05) is 0 Å². The van der Waals surface area contributed by atoms with Gasteiger partial charge >= 0.3 is 0 Å². The highest BCUT2D eigenvalue weighted by Crippen LogP contribution is 2.69. The first-order chi connectivity index (χ1) is 31.5. The van der Waals surface area contributed by atoms with Crippen LogP contribution in [0.5, 0.6) is 0 Å². The van der Waals surface area contributed by atoms with E-state index < -0.39 is 5.41 Å². The highest BCUT2D eigenvalue weighted by molar-refractivity contribution is 6.13. The van der Waals surface area contributed by atoms with E-state index in [-0.39, 0.29) is 17.5 Å². The number of nitrogens with zero attached hydrogens (tertiary/aromatic N) is 4. The van der Waals surface area contributed by atoms with Gasteiger partial charge in [-0.15, -0.1) is 0 Å². The zero-order chi connectivity index (χ0) is 42.6. The molecule has 0 fully saturated rings. The molecule has 0 amide bonds. The molecule has 2 heterocycles. The van der Waals surface area contributed by atoms with E-state index in [1.54, 1.807) is 0 Å². The number of benzene rings is 7. The van der Waals surface area contributed by atoms with Gasteiger partial charge in [-0.2, -0.15) is 0 Å². The molecule has 1 spiro atoms. The van der Waals surface area contributed by atoms with E-state index in [9.17, 15) is 0 Å². The summed E-state index contributed by atoms with van der Waals surface area (Å²) in [5.74, 6) is 1.72. The van der Waals surface area contributed by atoms with Gasteiger partial charge in [-0.3, -0.25) is 0 Å². The lowest BCUT2D eigenvalue weighted by Crippen LogP contribution is -2.51. The third-order valence-electron chi connectivity index (χ3n) is 14.9. The molecule has 8 aromatic rings. The van der Waals surface area contributed by atoms with Crippen molar-refractivity contribution in [2.24, 2.45) is 15.4 Å². The molecule has 1 aliphatic heterocycles. The number of aliphatic imine (C=N–C) groups is 2. The molecule has 0 saturated heterocycles. The zero-order valence-electron chi connectivity index (χ0n) is 36.0. The maximum absolute atomic E-state index is 5.70. The molecular formula is C60H46N4. The molecule has 0 N–H and O–H groups in total. The topological polar surface area (TPSA) is 32.9 Å². The first-order valence-electron chi connectivity index (χ1n) is 22.7. The van der Waals surface area contributed by atoms with Crippen molar-refractivity contribution in [1.29, 1.82) is 0 Å². The van der Waals surface area contributed by atoms with Crippen molar-refractivity contribution in [3.05, 3.63) is 251 Å². The molecule has 0 radical (unpaired) electrons. The summed E-state index contributed by atoms with van der Waals surface area (Å²) < 4.78 is 2.42. The van der Waals surface area contributed by atoms with E-state index in [0.29, 0.717) is 0 Å². The number of amidine groups is 2. The van der Waals surface area contributed by atoms with E-state index in [0.717, 1.165) is 41.3 Å². The van der Waals surface area contributed by atoms with Gasteiger partial charge in [0.1, 0.15) is 12.0 Å². The fourth-order valence-corrected chi connectivity index (χ4v) is 12.3. The Morgan fingerprint density at radius 2 is 1.31 bits per heavy atom. The highest BCUT2D eigenvalue weighted by atomic mass is 15.3. The van der Waals surface area contributed by atoms with Crippen LogP contribution in [-0.2, 0) is 5.41 Å². The average Bonchev–Trinajstić information content (AvgIpc) is 3.97. The molecule has 0 bridgehead atoms. The Morgan fingerprint density at radius 3 is 2.14 bits per heavy atom. The Labute approximate surface area is 374 Å². The average molecular weight is 823 g/mol. The van der Waals surface area contributed by atoms with E-state index in [1.165, 1.54) is 71.9 Å². The summed E-state index contributed by atoms with van der Waals surface area (Å²) in [5.41, 5.74) is 17.2. The summed E-state index contributed by atoms with van der Waals surface area (Å²) in [4.78, 5) is 13.4. The third-order valence-corrected chi connectivity index (χ3v) is 14.9. The standard InChI is InChI=1S/C60H46N4/c1-59(58-62-56(39-19-6-3-7-20-39)61-57(63(58)2)40-21-8-4-9-22-40)36-18-30-52-55(59)48-37-41(33-35-51(48)60(52)49-28-15-12-25-44(49)45-26-13-16-29-50(45)60)42-32-34-47-46-27-14-17-31-53(46)64(54(47)38-42)43-23-10-5-11-24-43/h3-15,17-28,30-38,55,58H,16,29H2,1-2H3. The fraction of sp³-hybridized carbons (Fsp3) is 0.133. The summed E-state index contributed by atoms with van der Waals surface area (Å²) in [6.45, 7) is 2.46. The van der Waals surface area contributed by atoms with Gasteiger partial charge in [0.25, 0.3) is 0 Å². The second-order valence-corrected chi connectivity index (χ2v) is 18.2. The summed E-state index contributed by atoms with van der Waals surface area (Å²) in [6.07, 6.45) is 13.8. The Morgan fingerprint density at radius 1 is 0.625 bits per heavy atom. The van der Waals surface area contributed by atoms with Crippen LogP contribution in [0.2, 0.25) is 0 Å². The molecule has 4 unspecified atom stereocenters. The van der Waals surface area contributed by atoms with Gasteiger partial charge in [-0.25, -0.2) is 9.98 Å². The minimum atomic E-state index is -0.474. The van der Waals surface area contributed by atoms with E-state index in [2.05, 4.69) is 230 Å². The number of allylic oxidation sites excluding steroid dienone is 7.